The number of anilines is 1. The minimum Gasteiger partial charge on any atom is -0.381 e. The van der Waals surface area contributed by atoms with Gasteiger partial charge in [0.1, 0.15) is 5.76 Å². The molecule has 2 aliphatic rings. The standard InChI is InChI=1S/C17H27N3O3/c1-17(2,3)14-11-15(19-23-14)18-16(21)13-5-4-8-20(13)12-6-9-22-10-7-12/h11-13H,4-10H2,1-3H3,(H,18,19,21)/t13-/m0/s1. The molecule has 3 rings (SSSR count). The summed E-state index contributed by atoms with van der Waals surface area (Å²) in [6.07, 6.45) is 4.01. The average molecular weight is 321 g/mol. The van der Waals surface area contributed by atoms with E-state index in [1.54, 1.807) is 0 Å². The number of aromatic nitrogens is 1. The van der Waals surface area contributed by atoms with E-state index in [1.165, 1.54) is 0 Å². The second-order valence-corrected chi connectivity index (χ2v) is 7.56. The first-order valence-electron chi connectivity index (χ1n) is 8.57. The maximum absolute atomic E-state index is 12.7. The number of likely N-dealkylation sites (tertiary alicyclic amines) is 1. The molecule has 1 N–H and O–H groups in total. The van der Waals surface area contributed by atoms with Crippen LogP contribution in [-0.2, 0) is 14.9 Å². The molecule has 0 saturated carbocycles. The fourth-order valence-electron chi connectivity index (χ4n) is 3.42. The normalized spacial score (nSPS) is 24.0. The number of nitrogens with zero attached hydrogens (tertiary/aromatic N) is 2. The molecule has 2 aliphatic heterocycles. The van der Waals surface area contributed by atoms with E-state index in [-0.39, 0.29) is 17.4 Å². The Hall–Kier alpha value is -1.40. The first kappa shape index (κ1) is 16.5. The fourth-order valence-corrected chi connectivity index (χ4v) is 3.42. The molecule has 1 amide bonds. The van der Waals surface area contributed by atoms with Crippen LogP contribution in [0.5, 0.6) is 0 Å². The van der Waals surface area contributed by atoms with Crippen LogP contribution in [0.1, 0.15) is 52.2 Å². The van der Waals surface area contributed by atoms with Crippen molar-refractivity contribution in [3.8, 4) is 0 Å². The number of hydrogen-bond acceptors (Lipinski definition) is 5. The third kappa shape index (κ3) is 3.75. The van der Waals surface area contributed by atoms with Crippen molar-refractivity contribution in [3.05, 3.63) is 11.8 Å². The van der Waals surface area contributed by atoms with Crippen molar-refractivity contribution in [2.75, 3.05) is 25.1 Å². The van der Waals surface area contributed by atoms with Crippen LogP contribution in [0.2, 0.25) is 0 Å². The predicted molar refractivity (Wildman–Crippen MR) is 87.4 cm³/mol. The molecule has 1 aromatic heterocycles. The molecule has 23 heavy (non-hydrogen) atoms. The van der Waals surface area contributed by atoms with Crippen molar-refractivity contribution in [1.82, 2.24) is 10.1 Å². The highest BCUT2D eigenvalue weighted by molar-refractivity contribution is 5.94. The van der Waals surface area contributed by atoms with Crippen molar-refractivity contribution in [3.63, 3.8) is 0 Å². The van der Waals surface area contributed by atoms with Crippen molar-refractivity contribution < 1.29 is 14.1 Å². The number of amides is 1. The summed E-state index contributed by atoms with van der Waals surface area (Å²) in [6, 6.07) is 2.23. The summed E-state index contributed by atoms with van der Waals surface area (Å²) in [7, 11) is 0. The van der Waals surface area contributed by atoms with Crippen molar-refractivity contribution in [1.29, 1.82) is 0 Å². The Kier molecular flexibility index (Phi) is 4.73. The molecule has 3 heterocycles. The van der Waals surface area contributed by atoms with Crippen LogP contribution in [0.15, 0.2) is 10.6 Å². The third-order valence-corrected chi connectivity index (χ3v) is 4.76. The second-order valence-electron chi connectivity index (χ2n) is 7.56. The van der Waals surface area contributed by atoms with Gasteiger partial charge in [-0.2, -0.15) is 0 Å². The summed E-state index contributed by atoms with van der Waals surface area (Å²) in [5, 5.41) is 6.91. The van der Waals surface area contributed by atoms with E-state index in [0.717, 1.165) is 51.2 Å². The van der Waals surface area contributed by atoms with E-state index in [1.807, 2.05) is 6.07 Å². The highest BCUT2D eigenvalue weighted by Crippen LogP contribution is 2.27. The molecule has 0 aromatic carbocycles. The molecule has 2 saturated heterocycles. The van der Waals surface area contributed by atoms with Gasteiger partial charge in [0.05, 0.1) is 6.04 Å². The zero-order valence-corrected chi connectivity index (χ0v) is 14.3. The van der Waals surface area contributed by atoms with Gasteiger partial charge in [-0.1, -0.05) is 25.9 Å². The largest absolute Gasteiger partial charge is 0.381 e. The summed E-state index contributed by atoms with van der Waals surface area (Å²) < 4.78 is 10.8. The Morgan fingerprint density at radius 3 is 2.70 bits per heavy atom. The van der Waals surface area contributed by atoms with E-state index < -0.39 is 0 Å². The molecule has 1 atom stereocenters. The molecule has 0 radical (unpaired) electrons. The van der Waals surface area contributed by atoms with Crippen LogP contribution >= 0.6 is 0 Å². The minimum atomic E-state index is -0.114. The molecule has 128 valence electrons. The van der Waals surface area contributed by atoms with Gasteiger partial charge in [-0.15, -0.1) is 0 Å². The van der Waals surface area contributed by atoms with Crippen LogP contribution in [0.3, 0.4) is 0 Å². The number of hydrogen-bond donors (Lipinski definition) is 1. The number of carbonyl (C=O) groups is 1. The van der Waals surface area contributed by atoms with Crippen molar-refractivity contribution in [2.24, 2.45) is 0 Å². The van der Waals surface area contributed by atoms with Gasteiger partial charge in [0.25, 0.3) is 0 Å². The lowest BCUT2D eigenvalue weighted by atomic mass is 9.93. The Morgan fingerprint density at radius 1 is 1.30 bits per heavy atom. The van der Waals surface area contributed by atoms with Crippen LogP contribution in [-0.4, -0.2) is 47.8 Å². The van der Waals surface area contributed by atoms with Gasteiger partial charge in [-0.05, 0) is 32.2 Å². The third-order valence-electron chi connectivity index (χ3n) is 4.76. The zero-order valence-electron chi connectivity index (χ0n) is 14.3. The maximum atomic E-state index is 12.7. The van der Waals surface area contributed by atoms with Gasteiger partial charge in [-0.25, -0.2) is 0 Å². The van der Waals surface area contributed by atoms with Gasteiger partial charge >= 0.3 is 0 Å². The molecule has 2 fully saturated rings. The quantitative estimate of drug-likeness (QED) is 0.926. The van der Waals surface area contributed by atoms with E-state index in [9.17, 15) is 4.79 Å². The number of ether oxygens (including phenoxy) is 1. The second kappa shape index (κ2) is 6.61. The van der Waals surface area contributed by atoms with Crippen molar-refractivity contribution in [2.45, 2.75) is 64.0 Å². The SMILES string of the molecule is CC(C)(C)c1cc(NC(=O)[C@@H]2CCCN2C2CCOCC2)no1. The Morgan fingerprint density at radius 2 is 2.04 bits per heavy atom. The van der Waals surface area contributed by atoms with Gasteiger partial charge in [-0.3, -0.25) is 9.69 Å². The first-order chi connectivity index (χ1) is 10.9. The molecule has 0 bridgehead atoms. The first-order valence-corrected chi connectivity index (χ1v) is 8.57. The van der Waals surface area contributed by atoms with E-state index in [2.05, 4.69) is 36.1 Å². The molecule has 1 aromatic rings. The average Bonchev–Trinajstić information content (AvgIpc) is 3.16. The van der Waals surface area contributed by atoms with Crippen LogP contribution in [0, 0.1) is 0 Å². The summed E-state index contributed by atoms with van der Waals surface area (Å²) in [4.78, 5) is 15.0. The molecule has 0 spiro atoms. The summed E-state index contributed by atoms with van der Waals surface area (Å²) in [5.41, 5.74) is -0.114. The van der Waals surface area contributed by atoms with E-state index in [0.29, 0.717) is 11.9 Å². The van der Waals surface area contributed by atoms with Crippen LogP contribution in [0.4, 0.5) is 5.82 Å². The monoisotopic (exact) mass is 321 g/mol. The summed E-state index contributed by atoms with van der Waals surface area (Å²) >= 11 is 0. The Balaban J connectivity index is 1.63. The molecular weight excluding hydrogens is 294 g/mol. The van der Waals surface area contributed by atoms with Gasteiger partial charge in [0.15, 0.2) is 5.82 Å². The van der Waals surface area contributed by atoms with Crippen molar-refractivity contribution >= 4 is 11.7 Å². The lowest BCUT2D eigenvalue weighted by Gasteiger charge is -2.34. The molecule has 0 unspecified atom stereocenters. The van der Waals surface area contributed by atoms with Gasteiger partial charge in [0.2, 0.25) is 5.91 Å². The smallest absolute Gasteiger partial charge is 0.242 e. The van der Waals surface area contributed by atoms with Crippen LogP contribution < -0.4 is 5.32 Å². The van der Waals surface area contributed by atoms with E-state index >= 15 is 0 Å². The number of nitrogens with one attached hydrogen (secondary N) is 1. The maximum Gasteiger partial charge on any atom is 0.242 e. The molecule has 0 aliphatic carbocycles. The Labute approximate surface area is 137 Å². The summed E-state index contributed by atoms with van der Waals surface area (Å²) in [5.74, 6) is 1.32. The fraction of sp³-hybridized carbons (Fsp3) is 0.765. The van der Waals surface area contributed by atoms with Gasteiger partial charge < -0.3 is 14.6 Å². The zero-order chi connectivity index (χ0) is 16.4. The highest BCUT2D eigenvalue weighted by Gasteiger charge is 2.36. The lowest BCUT2D eigenvalue weighted by Crippen LogP contribution is -2.47. The number of rotatable bonds is 3. The Bertz CT molecular complexity index is 544. The van der Waals surface area contributed by atoms with Gasteiger partial charge in [0, 0.05) is 30.7 Å². The highest BCUT2D eigenvalue weighted by atomic mass is 16.5. The minimum absolute atomic E-state index is 0.0303. The predicted octanol–water partition coefficient (Wildman–Crippen LogP) is 2.55. The summed E-state index contributed by atoms with van der Waals surface area (Å²) in [6.45, 7) is 8.77. The lowest BCUT2D eigenvalue weighted by molar-refractivity contribution is -0.121. The molecular formula is C17H27N3O3. The van der Waals surface area contributed by atoms with E-state index in [4.69, 9.17) is 9.26 Å². The molecule has 6 nitrogen and oxygen atoms in total. The van der Waals surface area contributed by atoms with Crippen LogP contribution in [0.25, 0.3) is 0 Å². The molecule has 6 heteroatoms. The number of carbonyl (C=O) groups excluding carboxylic acids is 1. The topological polar surface area (TPSA) is 67.6 Å².